The summed E-state index contributed by atoms with van der Waals surface area (Å²) in [4.78, 5) is 12.5. The van der Waals surface area contributed by atoms with Gasteiger partial charge in [0.1, 0.15) is 12.0 Å². The molecule has 1 aromatic rings. The van der Waals surface area contributed by atoms with Gasteiger partial charge in [0.05, 0.1) is 17.7 Å². The molecule has 0 aromatic carbocycles. The van der Waals surface area contributed by atoms with Crippen LogP contribution in [0, 0.1) is 0 Å². The second kappa shape index (κ2) is 5.99. The van der Waals surface area contributed by atoms with Crippen LogP contribution in [0.2, 0.25) is 0 Å². The second-order valence-electron chi connectivity index (χ2n) is 4.95. The highest BCUT2D eigenvalue weighted by molar-refractivity contribution is 5.87. The van der Waals surface area contributed by atoms with E-state index < -0.39 is 11.6 Å². The van der Waals surface area contributed by atoms with Crippen molar-refractivity contribution < 1.29 is 19.4 Å². The maximum absolute atomic E-state index is 10.6. The van der Waals surface area contributed by atoms with E-state index in [1.165, 1.54) is 12.3 Å². The van der Waals surface area contributed by atoms with Crippen molar-refractivity contribution >= 4 is 5.97 Å². The molecule has 6 nitrogen and oxygen atoms in total. The Morgan fingerprint density at radius 2 is 2.22 bits per heavy atom. The fraction of sp³-hybridized carbons (Fsp3) is 0.583. The molecule has 3 N–H and O–H groups in total. The largest absolute Gasteiger partial charge is 0.478 e. The molecule has 0 fully saturated rings. The van der Waals surface area contributed by atoms with Crippen molar-refractivity contribution in [3.63, 3.8) is 0 Å². The third kappa shape index (κ3) is 4.87. The molecule has 6 heteroatoms. The van der Waals surface area contributed by atoms with Crippen LogP contribution in [-0.4, -0.2) is 53.9 Å². The maximum Gasteiger partial charge on any atom is 0.338 e. The summed E-state index contributed by atoms with van der Waals surface area (Å²) in [5.41, 5.74) is -0.710. The number of carboxylic acid groups (broad SMARTS) is 1. The predicted molar refractivity (Wildman–Crippen MR) is 66.6 cm³/mol. The predicted octanol–water partition coefficient (Wildman–Crippen LogP) is 0.380. The van der Waals surface area contributed by atoms with Gasteiger partial charge in [0.15, 0.2) is 0 Å². The van der Waals surface area contributed by atoms with E-state index in [0.717, 1.165) is 0 Å². The molecule has 0 amide bonds. The van der Waals surface area contributed by atoms with Gasteiger partial charge < -0.3 is 24.8 Å². The SMILES string of the molecule is CN(C)CC(C)(O)CNCc1cc(C(=O)O)co1. The Hall–Kier alpha value is -1.37. The van der Waals surface area contributed by atoms with E-state index in [1.807, 2.05) is 19.0 Å². The van der Waals surface area contributed by atoms with Crippen LogP contribution in [0.25, 0.3) is 0 Å². The van der Waals surface area contributed by atoms with Crippen LogP contribution in [0.1, 0.15) is 23.0 Å². The number of hydrogen-bond donors (Lipinski definition) is 3. The molecule has 1 aromatic heterocycles. The van der Waals surface area contributed by atoms with Crippen molar-refractivity contribution in [1.29, 1.82) is 0 Å². The zero-order chi connectivity index (χ0) is 13.8. The quantitative estimate of drug-likeness (QED) is 0.654. The van der Waals surface area contributed by atoms with Crippen molar-refractivity contribution in [2.75, 3.05) is 27.2 Å². The highest BCUT2D eigenvalue weighted by atomic mass is 16.4. The van der Waals surface area contributed by atoms with Gasteiger partial charge in [-0.15, -0.1) is 0 Å². The van der Waals surface area contributed by atoms with Crippen molar-refractivity contribution in [2.45, 2.75) is 19.1 Å². The molecular weight excluding hydrogens is 236 g/mol. The van der Waals surface area contributed by atoms with Gasteiger partial charge in [0, 0.05) is 13.1 Å². The van der Waals surface area contributed by atoms with Gasteiger partial charge in [-0.05, 0) is 27.1 Å². The summed E-state index contributed by atoms with van der Waals surface area (Å²) in [5.74, 6) is -0.474. The normalized spacial score (nSPS) is 14.7. The molecule has 0 bridgehead atoms. The minimum absolute atomic E-state index is 0.131. The molecule has 18 heavy (non-hydrogen) atoms. The number of hydrogen-bond acceptors (Lipinski definition) is 5. The van der Waals surface area contributed by atoms with E-state index in [9.17, 15) is 9.90 Å². The fourth-order valence-electron chi connectivity index (χ4n) is 1.78. The van der Waals surface area contributed by atoms with E-state index >= 15 is 0 Å². The highest BCUT2D eigenvalue weighted by Crippen LogP contribution is 2.08. The topological polar surface area (TPSA) is 85.9 Å². The van der Waals surface area contributed by atoms with Gasteiger partial charge in [0.2, 0.25) is 0 Å². The summed E-state index contributed by atoms with van der Waals surface area (Å²) >= 11 is 0. The number of nitrogens with zero attached hydrogens (tertiary/aromatic N) is 1. The standard InChI is InChI=1S/C12H20N2O4/c1-12(17,8-14(2)3)7-13-5-10-4-9(6-18-10)11(15)16/h4,6,13,17H,5,7-8H2,1-3H3,(H,15,16). The lowest BCUT2D eigenvalue weighted by Gasteiger charge is -2.27. The molecule has 0 aliphatic heterocycles. The lowest BCUT2D eigenvalue weighted by Crippen LogP contribution is -2.45. The molecule has 0 aliphatic carbocycles. The Balaban J connectivity index is 2.39. The summed E-state index contributed by atoms with van der Waals surface area (Å²) in [6.45, 7) is 3.06. The summed E-state index contributed by atoms with van der Waals surface area (Å²) in [7, 11) is 3.78. The third-order valence-electron chi connectivity index (χ3n) is 2.36. The van der Waals surface area contributed by atoms with Crippen LogP contribution in [0.5, 0.6) is 0 Å². The van der Waals surface area contributed by atoms with Crippen LogP contribution in [0.3, 0.4) is 0 Å². The number of carbonyl (C=O) groups is 1. The van der Waals surface area contributed by atoms with Gasteiger partial charge in [-0.25, -0.2) is 4.79 Å². The number of furan rings is 1. The number of carboxylic acids is 1. The van der Waals surface area contributed by atoms with Crippen molar-refractivity contribution in [3.05, 3.63) is 23.7 Å². The highest BCUT2D eigenvalue weighted by Gasteiger charge is 2.20. The zero-order valence-corrected chi connectivity index (χ0v) is 10.9. The van der Waals surface area contributed by atoms with Crippen LogP contribution in [-0.2, 0) is 6.54 Å². The lowest BCUT2D eigenvalue weighted by molar-refractivity contribution is 0.0332. The number of rotatable bonds is 7. The van der Waals surface area contributed by atoms with E-state index in [0.29, 0.717) is 25.4 Å². The minimum Gasteiger partial charge on any atom is -0.478 e. The van der Waals surface area contributed by atoms with E-state index in [4.69, 9.17) is 9.52 Å². The van der Waals surface area contributed by atoms with Gasteiger partial charge >= 0.3 is 5.97 Å². The molecule has 0 radical (unpaired) electrons. The molecule has 102 valence electrons. The summed E-state index contributed by atoms with van der Waals surface area (Å²) < 4.78 is 5.09. The Morgan fingerprint density at radius 3 is 2.72 bits per heavy atom. The lowest BCUT2D eigenvalue weighted by atomic mass is 10.1. The van der Waals surface area contributed by atoms with Crippen LogP contribution < -0.4 is 5.32 Å². The monoisotopic (exact) mass is 256 g/mol. The van der Waals surface area contributed by atoms with Gasteiger partial charge in [-0.3, -0.25) is 0 Å². The summed E-state index contributed by atoms with van der Waals surface area (Å²) in [6.07, 6.45) is 1.21. The second-order valence-corrected chi connectivity index (χ2v) is 4.95. The molecule has 0 saturated carbocycles. The fourth-order valence-corrected chi connectivity index (χ4v) is 1.78. The first-order valence-corrected chi connectivity index (χ1v) is 5.69. The van der Waals surface area contributed by atoms with Crippen LogP contribution in [0.15, 0.2) is 16.7 Å². The maximum atomic E-state index is 10.6. The number of aromatic carboxylic acids is 1. The van der Waals surface area contributed by atoms with Gasteiger partial charge in [0.25, 0.3) is 0 Å². The Bertz CT molecular complexity index is 399. The van der Waals surface area contributed by atoms with E-state index in [-0.39, 0.29) is 5.56 Å². The molecule has 1 unspecified atom stereocenters. The van der Waals surface area contributed by atoms with Crippen molar-refractivity contribution in [1.82, 2.24) is 10.2 Å². The summed E-state index contributed by atoms with van der Waals surface area (Å²) in [6, 6.07) is 1.47. The number of likely N-dealkylation sites (N-methyl/N-ethyl adjacent to an activating group) is 1. The van der Waals surface area contributed by atoms with Crippen LogP contribution >= 0.6 is 0 Å². The Labute approximate surface area is 106 Å². The molecule has 0 saturated heterocycles. The molecule has 0 spiro atoms. The Morgan fingerprint density at radius 1 is 1.56 bits per heavy atom. The Kier molecular flexibility index (Phi) is 4.89. The molecule has 1 atom stereocenters. The first-order valence-electron chi connectivity index (χ1n) is 5.69. The molecular formula is C12H20N2O4. The van der Waals surface area contributed by atoms with Crippen molar-refractivity contribution in [3.8, 4) is 0 Å². The number of aliphatic hydroxyl groups is 1. The smallest absolute Gasteiger partial charge is 0.338 e. The summed E-state index contributed by atoms with van der Waals surface area (Å²) in [5, 5.41) is 21.8. The minimum atomic E-state index is -1.01. The van der Waals surface area contributed by atoms with Crippen molar-refractivity contribution in [2.24, 2.45) is 0 Å². The first-order chi connectivity index (χ1) is 8.30. The average Bonchev–Trinajstić information content (AvgIpc) is 2.63. The zero-order valence-electron chi connectivity index (χ0n) is 10.9. The van der Waals surface area contributed by atoms with Crippen LogP contribution in [0.4, 0.5) is 0 Å². The average molecular weight is 256 g/mol. The van der Waals surface area contributed by atoms with Gasteiger partial charge in [-0.1, -0.05) is 0 Å². The molecule has 1 rings (SSSR count). The van der Waals surface area contributed by atoms with E-state index in [2.05, 4.69) is 5.32 Å². The molecule has 1 heterocycles. The molecule has 0 aliphatic rings. The van der Waals surface area contributed by atoms with E-state index in [1.54, 1.807) is 6.92 Å². The number of nitrogens with one attached hydrogen (secondary N) is 1. The first kappa shape index (κ1) is 14.7. The third-order valence-corrected chi connectivity index (χ3v) is 2.36. The van der Waals surface area contributed by atoms with Gasteiger partial charge in [-0.2, -0.15) is 0 Å².